The van der Waals surface area contributed by atoms with Crippen LogP contribution in [0.3, 0.4) is 0 Å². The maximum atomic E-state index is 12.3. The largest absolute Gasteiger partial charge is 0.334 e. The molecular formula is C12H12BrCl2NO. The number of nitrogens with zero attached hydrogens (tertiary/aromatic N) is 1. The van der Waals surface area contributed by atoms with Crippen LogP contribution in [0.1, 0.15) is 23.2 Å². The standard InChI is InChI=1S/C12H12BrCl2NO/c13-10-7-8(1-4-11(10)15)12(17)16(6-5-14)9-2-3-9/h1,4,7,9H,2-3,5-6H2. The van der Waals surface area contributed by atoms with Gasteiger partial charge in [0.25, 0.3) is 5.91 Å². The topological polar surface area (TPSA) is 20.3 Å². The first-order valence-corrected chi connectivity index (χ1v) is 7.16. The molecule has 0 N–H and O–H groups in total. The van der Waals surface area contributed by atoms with Gasteiger partial charge in [0.05, 0.1) is 5.02 Å². The number of benzene rings is 1. The molecule has 17 heavy (non-hydrogen) atoms. The molecule has 0 atom stereocenters. The van der Waals surface area contributed by atoms with Gasteiger partial charge in [-0.25, -0.2) is 0 Å². The van der Waals surface area contributed by atoms with Gasteiger partial charge >= 0.3 is 0 Å². The summed E-state index contributed by atoms with van der Waals surface area (Å²) in [6, 6.07) is 5.61. The molecule has 2 rings (SSSR count). The minimum Gasteiger partial charge on any atom is -0.334 e. The Morgan fingerprint density at radius 3 is 2.71 bits per heavy atom. The van der Waals surface area contributed by atoms with Crippen molar-refractivity contribution in [3.05, 3.63) is 33.3 Å². The predicted octanol–water partition coefficient (Wildman–Crippen LogP) is 3.95. The molecular weight excluding hydrogens is 325 g/mol. The van der Waals surface area contributed by atoms with E-state index in [2.05, 4.69) is 15.9 Å². The number of alkyl halides is 1. The van der Waals surface area contributed by atoms with Gasteiger partial charge in [0.2, 0.25) is 0 Å². The maximum Gasteiger partial charge on any atom is 0.254 e. The number of carbonyl (C=O) groups is 1. The van der Waals surface area contributed by atoms with Crippen LogP contribution in [0.4, 0.5) is 0 Å². The normalized spacial score (nSPS) is 14.8. The monoisotopic (exact) mass is 335 g/mol. The fraction of sp³-hybridized carbons (Fsp3) is 0.417. The summed E-state index contributed by atoms with van der Waals surface area (Å²) in [7, 11) is 0. The van der Waals surface area contributed by atoms with Gasteiger partial charge in [-0.2, -0.15) is 0 Å². The molecule has 1 amide bonds. The average molecular weight is 337 g/mol. The molecule has 1 aliphatic carbocycles. The third-order valence-corrected chi connectivity index (χ3v) is 4.12. The number of amides is 1. The van der Waals surface area contributed by atoms with Gasteiger partial charge in [0, 0.05) is 28.5 Å². The third kappa shape index (κ3) is 3.15. The predicted molar refractivity (Wildman–Crippen MR) is 73.9 cm³/mol. The highest BCUT2D eigenvalue weighted by atomic mass is 79.9. The van der Waals surface area contributed by atoms with Gasteiger partial charge in [-0.05, 0) is 47.0 Å². The lowest BCUT2D eigenvalue weighted by Gasteiger charge is -2.21. The van der Waals surface area contributed by atoms with E-state index in [1.165, 1.54) is 0 Å². The minimum absolute atomic E-state index is 0.0329. The molecule has 0 heterocycles. The van der Waals surface area contributed by atoms with E-state index in [9.17, 15) is 4.79 Å². The lowest BCUT2D eigenvalue weighted by molar-refractivity contribution is 0.0753. The molecule has 5 heteroatoms. The van der Waals surface area contributed by atoms with Crippen LogP contribution in [0.2, 0.25) is 5.02 Å². The van der Waals surface area contributed by atoms with Gasteiger partial charge < -0.3 is 4.90 Å². The molecule has 0 spiro atoms. The summed E-state index contributed by atoms with van der Waals surface area (Å²) in [5.74, 6) is 0.502. The number of hydrogen-bond donors (Lipinski definition) is 0. The summed E-state index contributed by atoms with van der Waals surface area (Å²) in [5, 5.41) is 0.608. The minimum atomic E-state index is 0.0329. The highest BCUT2D eigenvalue weighted by molar-refractivity contribution is 9.10. The van der Waals surface area contributed by atoms with Crippen molar-refractivity contribution in [1.29, 1.82) is 0 Å². The molecule has 0 radical (unpaired) electrons. The Morgan fingerprint density at radius 1 is 1.47 bits per heavy atom. The first-order valence-electron chi connectivity index (χ1n) is 5.45. The van der Waals surface area contributed by atoms with Crippen LogP contribution in [0.15, 0.2) is 22.7 Å². The van der Waals surface area contributed by atoms with Crippen LogP contribution in [0.5, 0.6) is 0 Å². The Hall–Kier alpha value is -0.250. The fourth-order valence-electron chi connectivity index (χ4n) is 1.72. The van der Waals surface area contributed by atoms with Crippen LogP contribution in [-0.4, -0.2) is 29.3 Å². The zero-order valence-electron chi connectivity index (χ0n) is 9.13. The number of hydrogen-bond acceptors (Lipinski definition) is 1. The van der Waals surface area contributed by atoms with E-state index in [0.717, 1.165) is 17.3 Å². The zero-order chi connectivity index (χ0) is 12.4. The Balaban J connectivity index is 2.19. The van der Waals surface area contributed by atoms with Crippen LogP contribution < -0.4 is 0 Å². The number of carbonyl (C=O) groups excluding carboxylic acids is 1. The van der Waals surface area contributed by atoms with Gasteiger partial charge in [-0.15, -0.1) is 11.6 Å². The van der Waals surface area contributed by atoms with Crippen LogP contribution in [-0.2, 0) is 0 Å². The van der Waals surface area contributed by atoms with Crippen molar-refractivity contribution in [3.63, 3.8) is 0 Å². The second-order valence-electron chi connectivity index (χ2n) is 4.05. The first kappa shape index (κ1) is 13.2. The molecule has 2 nitrogen and oxygen atoms in total. The Labute approximate surface area is 119 Å². The van der Waals surface area contributed by atoms with Crippen molar-refractivity contribution in [1.82, 2.24) is 4.90 Å². The van der Waals surface area contributed by atoms with E-state index in [1.54, 1.807) is 18.2 Å². The van der Waals surface area contributed by atoms with E-state index in [0.29, 0.717) is 29.1 Å². The van der Waals surface area contributed by atoms with E-state index < -0.39 is 0 Å². The molecule has 0 bridgehead atoms. The molecule has 1 aliphatic rings. The molecule has 0 unspecified atom stereocenters. The molecule has 92 valence electrons. The Bertz CT molecular complexity index is 435. The molecule has 1 aromatic carbocycles. The highest BCUT2D eigenvalue weighted by Gasteiger charge is 2.32. The third-order valence-electron chi connectivity index (χ3n) is 2.74. The summed E-state index contributed by atoms with van der Waals surface area (Å²) in [5.41, 5.74) is 0.651. The lowest BCUT2D eigenvalue weighted by Crippen LogP contribution is -2.34. The van der Waals surface area contributed by atoms with E-state index in [1.807, 2.05) is 4.90 Å². The summed E-state index contributed by atoms with van der Waals surface area (Å²) in [4.78, 5) is 14.1. The second kappa shape index (κ2) is 5.59. The maximum absolute atomic E-state index is 12.3. The van der Waals surface area contributed by atoms with Crippen molar-refractivity contribution in [3.8, 4) is 0 Å². The second-order valence-corrected chi connectivity index (χ2v) is 5.69. The highest BCUT2D eigenvalue weighted by Crippen LogP contribution is 2.29. The fourth-order valence-corrected chi connectivity index (χ4v) is 2.40. The van der Waals surface area contributed by atoms with Gasteiger partial charge in [-0.3, -0.25) is 4.79 Å². The zero-order valence-corrected chi connectivity index (χ0v) is 12.2. The summed E-state index contributed by atoms with van der Waals surface area (Å²) >= 11 is 15.0. The molecule has 1 saturated carbocycles. The van der Waals surface area contributed by atoms with Gasteiger partial charge in [-0.1, -0.05) is 11.6 Å². The van der Waals surface area contributed by atoms with Crippen molar-refractivity contribution in [2.45, 2.75) is 18.9 Å². The summed E-state index contributed by atoms with van der Waals surface area (Å²) in [6.45, 7) is 0.602. The Kier molecular flexibility index (Phi) is 4.34. The molecule has 1 fully saturated rings. The molecule has 0 aromatic heterocycles. The lowest BCUT2D eigenvalue weighted by atomic mass is 10.2. The summed E-state index contributed by atoms with van der Waals surface area (Å²) < 4.78 is 0.742. The van der Waals surface area contributed by atoms with E-state index in [4.69, 9.17) is 23.2 Å². The van der Waals surface area contributed by atoms with E-state index in [-0.39, 0.29) is 5.91 Å². The van der Waals surface area contributed by atoms with Crippen LogP contribution in [0, 0.1) is 0 Å². The molecule has 0 saturated heterocycles. The van der Waals surface area contributed by atoms with Crippen LogP contribution in [0.25, 0.3) is 0 Å². The van der Waals surface area contributed by atoms with Gasteiger partial charge in [0.15, 0.2) is 0 Å². The molecule has 0 aliphatic heterocycles. The van der Waals surface area contributed by atoms with Crippen molar-refractivity contribution in [2.75, 3.05) is 12.4 Å². The van der Waals surface area contributed by atoms with E-state index >= 15 is 0 Å². The molecule has 1 aromatic rings. The van der Waals surface area contributed by atoms with Crippen molar-refractivity contribution < 1.29 is 4.79 Å². The van der Waals surface area contributed by atoms with Gasteiger partial charge in [0.1, 0.15) is 0 Å². The van der Waals surface area contributed by atoms with Crippen molar-refractivity contribution >= 4 is 45.0 Å². The summed E-state index contributed by atoms with van der Waals surface area (Å²) in [6.07, 6.45) is 2.16. The smallest absolute Gasteiger partial charge is 0.254 e. The average Bonchev–Trinajstić information content (AvgIpc) is 3.13. The van der Waals surface area contributed by atoms with Crippen LogP contribution >= 0.6 is 39.1 Å². The first-order chi connectivity index (χ1) is 8.13. The number of rotatable bonds is 4. The Morgan fingerprint density at radius 2 is 2.18 bits per heavy atom. The SMILES string of the molecule is O=C(c1ccc(Cl)c(Br)c1)N(CCCl)C1CC1. The number of halogens is 3. The quantitative estimate of drug-likeness (QED) is 0.762. The van der Waals surface area contributed by atoms with Crippen molar-refractivity contribution in [2.24, 2.45) is 0 Å².